The standard InChI is InChI=1S/C16H22ClN.ClH/c17-15-7-4-6-14(12-15)16(8-5-9-16)13-18-10-2-1-3-11-18;/h4,6-7,12H,1-3,5,8-11,13H2;1H. The van der Waals surface area contributed by atoms with Crippen molar-refractivity contribution in [3.8, 4) is 0 Å². The van der Waals surface area contributed by atoms with Crippen LogP contribution in [0.5, 0.6) is 0 Å². The number of nitrogens with zero attached hydrogens (tertiary/aromatic N) is 1. The molecule has 1 aliphatic carbocycles. The van der Waals surface area contributed by atoms with Crippen LogP contribution in [0.25, 0.3) is 0 Å². The zero-order valence-corrected chi connectivity index (χ0v) is 13.0. The van der Waals surface area contributed by atoms with E-state index in [0.717, 1.165) is 5.02 Å². The molecule has 1 saturated heterocycles. The van der Waals surface area contributed by atoms with Crippen LogP contribution in [0.2, 0.25) is 5.02 Å². The van der Waals surface area contributed by atoms with Gasteiger partial charge in [0, 0.05) is 17.0 Å². The third-order valence-electron chi connectivity index (χ3n) is 4.72. The maximum absolute atomic E-state index is 6.16. The molecule has 19 heavy (non-hydrogen) atoms. The molecule has 1 saturated carbocycles. The van der Waals surface area contributed by atoms with Gasteiger partial charge >= 0.3 is 0 Å². The number of benzene rings is 1. The highest BCUT2D eigenvalue weighted by Gasteiger charge is 2.40. The van der Waals surface area contributed by atoms with E-state index in [-0.39, 0.29) is 12.4 Å². The number of piperidine rings is 1. The summed E-state index contributed by atoms with van der Waals surface area (Å²) in [6.07, 6.45) is 8.23. The molecule has 0 N–H and O–H groups in total. The number of hydrogen-bond donors (Lipinski definition) is 0. The van der Waals surface area contributed by atoms with E-state index in [4.69, 9.17) is 11.6 Å². The molecule has 0 atom stereocenters. The highest BCUT2D eigenvalue weighted by atomic mass is 35.5. The van der Waals surface area contributed by atoms with Gasteiger partial charge in [0.1, 0.15) is 0 Å². The van der Waals surface area contributed by atoms with Crippen molar-refractivity contribution >= 4 is 24.0 Å². The first-order valence-corrected chi connectivity index (χ1v) is 7.65. The average Bonchev–Trinajstić information content (AvgIpc) is 2.35. The number of hydrogen-bond acceptors (Lipinski definition) is 1. The molecule has 2 aliphatic rings. The summed E-state index contributed by atoms with van der Waals surface area (Å²) in [6, 6.07) is 8.55. The summed E-state index contributed by atoms with van der Waals surface area (Å²) in [4.78, 5) is 2.67. The SMILES string of the molecule is Cl.Clc1cccc(C2(CN3CCCCC3)CCC2)c1. The second-order valence-electron chi connectivity index (χ2n) is 5.98. The molecule has 1 nitrogen and oxygen atoms in total. The smallest absolute Gasteiger partial charge is 0.0408 e. The Kier molecular flexibility index (Phi) is 5.16. The second-order valence-corrected chi connectivity index (χ2v) is 6.42. The Morgan fingerprint density at radius 3 is 2.37 bits per heavy atom. The Bertz CT molecular complexity index is 409. The zero-order chi connectivity index (χ0) is 12.4. The molecule has 0 radical (unpaired) electrons. The van der Waals surface area contributed by atoms with Gasteiger partial charge in [-0.05, 0) is 56.5 Å². The third-order valence-corrected chi connectivity index (χ3v) is 4.96. The highest BCUT2D eigenvalue weighted by Crippen LogP contribution is 2.45. The molecular formula is C16H23Cl2N. The van der Waals surface area contributed by atoms with Crippen LogP contribution in [-0.2, 0) is 5.41 Å². The van der Waals surface area contributed by atoms with Gasteiger partial charge in [-0.3, -0.25) is 0 Å². The lowest BCUT2D eigenvalue weighted by molar-refractivity contribution is 0.123. The predicted molar refractivity (Wildman–Crippen MR) is 84.5 cm³/mol. The topological polar surface area (TPSA) is 3.24 Å². The Balaban J connectivity index is 0.00000133. The van der Waals surface area contributed by atoms with Crippen LogP contribution in [-0.4, -0.2) is 24.5 Å². The third kappa shape index (κ3) is 3.26. The van der Waals surface area contributed by atoms with Crippen molar-refractivity contribution in [2.24, 2.45) is 0 Å². The lowest BCUT2D eigenvalue weighted by atomic mass is 9.64. The minimum Gasteiger partial charge on any atom is -0.302 e. The van der Waals surface area contributed by atoms with Crippen molar-refractivity contribution in [3.63, 3.8) is 0 Å². The van der Waals surface area contributed by atoms with Crippen molar-refractivity contribution in [2.45, 2.75) is 43.9 Å². The molecule has 1 heterocycles. The van der Waals surface area contributed by atoms with Gasteiger partial charge in [-0.15, -0.1) is 12.4 Å². The van der Waals surface area contributed by atoms with Gasteiger partial charge in [-0.1, -0.05) is 36.6 Å². The maximum Gasteiger partial charge on any atom is 0.0408 e. The van der Waals surface area contributed by atoms with Gasteiger partial charge < -0.3 is 4.90 Å². The predicted octanol–water partition coefficient (Wildman–Crippen LogP) is 4.67. The molecule has 2 fully saturated rings. The fraction of sp³-hybridized carbons (Fsp3) is 0.625. The molecule has 0 amide bonds. The highest BCUT2D eigenvalue weighted by molar-refractivity contribution is 6.30. The summed E-state index contributed by atoms with van der Waals surface area (Å²) in [5.41, 5.74) is 1.87. The van der Waals surface area contributed by atoms with Crippen LogP contribution in [0, 0.1) is 0 Å². The second kappa shape index (κ2) is 6.47. The number of rotatable bonds is 3. The molecule has 0 aromatic heterocycles. The summed E-state index contributed by atoms with van der Waals surface area (Å²) in [7, 11) is 0. The largest absolute Gasteiger partial charge is 0.302 e. The van der Waals surface area contributed by atoms with Crippen molar-refractivity contribution in [1.82, 2.24) is 4.90 Å². The molecular weight excluding hydrogens is 277 g/mol. The summed E-state index contributed by atoms with van der Waals surface area (Å²) in [5.74, 6) is 0. The van der Waals surface area contributed by atoms with E-state index < -0.39 is 0 Å². The molecule has 0 unspecified atom stereocenters. The summed E-state index contributed by atoms with van der Waals surface area (Å²) in [5, 5.41) is 0.886. The van der Waals surface area contributed by atoms with Gasteiger partial charge in [0.15, 0.2) is 0 Å². The summed E-state index contributed by atoms with van der Waals surface area (Å²) >= 11 is 6.16. The van der Waals surface area contributed by atoms with Crippen molar-refractivity contribution in [2.75, 3.05) is 19.6 Å². The quantitative estimate of drug-likeness (QED) is 0.784. The van der Waals surface area contributed by atoms with Gasteiger partial charge in [0.2, 0.25) is 0 Å². The summed E-state index contributed by atoms with van der Waals surface area (Å²) in [6.45, 7) is 3.83. The van der Waals surface area contributed by atoms with Crippen molar-refractivity contribution in [3.05, 3.63) is 34.9 Å². The van der Waals surface area contributed by atoms with Gasteiger partial charge in [0.25, 0.3) is 0 Å². The van der Waals surface area contributed by atoms with Gasteiger partial charge in [-0.25, -0.2) is 0 Å². The summed E-state index contributed by atoms with van der Waals surface area (Å²) < 4.78 is 0. The fourth-order valence-electron chi connectivity index (χ4n) is 3.51. The van der Waals surface area contributed by atoms with E-state index in [1.54, 1.807) is 0 Å². The molecule has 0 bridgehead atoms. The first-order chi connectivity index (χ1) is 8.78. The molecule has 1 aliphatic heterocycles. The first-order valence-electron chi connectivity index (χ1n) is 7.27. The Labute approximate surface area is 127 Å². The molecule has 3 rings (SSSR count). The Morgan fingerprint density at radius 1 is 1.05 bits per heavy atom. The monoisotopic (exact) mass is 299 g/mol. The average molecular weight is 300 g/mol. The van der Waals surface area contributed by atoms with E-state index in [9.17, 15) is 0 Å². The normalized spacial score (nSPS) is 22.4. The minimum absolute atomic E-state index is 0. The lowest BCUT2D eigenvalue weighted by Crippen LogP contribution is -2.47. The number of halogens is 2. The van der Waals surface area contributed by atoms with Crippen LogP contribution in [0.4, 0.5) is 0 Å². The van der Waals surface area contributed by atoms with E-state index in [1.807, 2.05) is 6.07 Å². The van der Waals surface area contributed by atoms with E-state index in [1.165, 1.54) is 63.7 Å². The van der Waals surface area contributed by atoms with Crippen molar-refractivity contribution in [1.29, 1.82) is 0 Å². The Hall–Kier alpha value is -0.240. The first kappa shape index (κ1) is 15.2. The van der Waals surface area contributed by atoms with Crippen LogP contribution < -0.4 is 0 Å². The van der Waals surface area contributed by atoms with Crippen LogP contribution >= 0.6 is 24.0 Å². The molecule has 0 spiro atoms. The fourth-order valence-corrected chi connectivity index (χ4v) is 3.70. The van der Waals surface area contributed by atoms with Crippen molar-refractivity contribution < 1.29 is 0 Å². The van der Waals surface area contributed by atoms with Crippen LogP contribution in [0.1, 0.15) is 44.1 Å². The molecule has 3 heteroatoms. The Morgan fingerprint density at radius 2 is 1.79 bits per heavy atom. The number of likely N-dealkylation sites (tertiary alicyclic amines) is 1. The molecule has 1 aromatic carbocycles. The lowest BCUT2D eigenvalue weighted by Gasteiger charge is -2.46. The minimum atomic E-state index is 0. The van der Waals surface area contributed by atoms with E-state index in [0.29, 0.717) is 5.41 Å². The van der Waals surface area contributed by atoms with Gasteiger partial charge in [0.05, 0.1) is 0 Å². The van der Waals surface area contributed by atoms with E-state index in [2.05, 4.69) is 23.1 Å². The molecule has 106 valence electrons. The van der Waals surface area contributed by atoms with Crippen LogP contribution in [0.3, 0.4) is 0 Å². The van der Waals surface area contributed by atoms with Crippen LogP contribution in [0.15, 0.2) is 24.3 Å². The zero-order valence-electron chi connectivity index (χ0n) is 11.4. The van der Waals surface area contributed by atoms with E-state index >= 15 is 0 Å². The maximum atomic E-state index is 6.16. The van der Waals surface area contributed by atoms with Gasteiger partial charge in [-0.2, -0.15) is 0 Å². The molecule has 1 aromatic rings.